The molecule has 2 aromatic rings. The van der Waals surface area contributed by atoms with Crippen LogP contribution >= 0.6 is 11.6 Å². The van der Waals surface area contributed by atoms with Gasteiger partial charge in [-0.2, -0.15) is 0 Å². The summed E-state index contributed by atoms with van der Waals surface area (Å²) in [4.78, 5) is 0. The zero-order valence-electron chi connectivity index (χ0n) is 18.2. The number of benzene rings is 2. The largest absolute Gasteiger partial charge is 0.494 e. The number of halogens is 1. The lowest BCUT2D eigenvalue weighted by molar-refractivity contribution is 0.0881. The molecule has 162 valence electrons. The van der Waals surface area contributed by atoms with E-state index >= 15 is 0 Å². The Labute approximate surface area is 186 Å². The number of ether oxygens (including phenoxy) is 1. The molecule has 0 unspecified atom stereocenters. The summed E-state index contributed by atoms with van der Waals surface area (Å²) in [6.07, 6.45) is 10.1. The van der Waals surface area contributed by atoms with Crippen molar-refractivity contribution < 1.29 is 9.84 Å². The summed E-state index contributed by atoms with van der Waals surface area (Å²) in [5.41, 5.74) is 3.73. The molecule has 0 radical (unpaired) electrons. The number of hydrogen-bond donors (Lipinski definition) is 1. The first-order valence-electron chi connectivity index (χ1n) is 11.8. The minimum atomic E-state index is -0.176. The molecule has 0 aliphatic heterocycles. The molecule has 2 saturated carbocycles. The molecule has 2 nitrogen and oxygen atoms in total. The maximum Gasteiger partial charge on any atom is 0.119 e. The summed E-state index contributed by atoms with van der Waals surface area (Å²) in [6, 6.07) is 14.9. The first-order chi connectivity index (χ1) is 14.6. The third-order valence-corrected chi connectivity index (χ3v) is 7.31. The highest BCUT2D eigenvalue weighted by Crippen LogP contribution is 2.39. The Morgan fingerprint density at radius 3 is 2.53 bits per heavy atom. The van der Waals surface area contributed by atoms with E-state index in [-0.39, 0.29) is 6.10 Å². The second-order valence-corrected chi connectivity index (χ2v) is 9.84. The molecule has 30 heavy (non-hydrogen) atoms. The molecular formula is C27H35ClO2. The molecule has 2 aliphatic rings. The van der Waals surface area contributed by atoms with Crippen LogP contribution in [-0.2, 0) is 6.42 Å². The van der Waals surface area contributed by atoms with Crippen molar-refractivity contribution in [2.24, 2.45) is 11.8 Å². The van der Waals surface area contributed by atoms with Crippen LogP contribution in [0.4, 0.5) is 0 Å². The van der Waals surface area contributed by atoms with Gasteiger partial charge >= 0.3 is 0 Å². The van der Waals surface area contributed by atoms with E-state index in [1.54, 1.807) is 0 Å². The molecule has 2 aliphatic carbocycles. The summed E-state index contributed by atoms with van der Waals surface area (Å²) in [6.45, 7) is 3.04. The monoisotopic (exact) mass is 426 g/mol. The average molecular weight is 427 g/mol. The van der Waals surface area contributed by atoms with Crippen LogP contribution in [0.2, 0.25) is 5.02 Å². The average Bonchev–Trinajstić information content (AvgIpc) is 3.58. The number of aliphatic hydroxyl groups excluding tert-OH is 1. The lowest BCUT2D eigenvalue weighted by Gasteiger charge is -2.32. The molecule has 0 bridgehead atoms. The fraction of sp³-hybridized carbons (Fsp3) is 0.556. The molecule has 0 amide bonds. The number of rotatable bonds is 9. The highest BCUT2D eigenvalue weighted by atomic mass is 35.5. The normalized spacial score (nSPS) is 24.0. The Bertz CT molecular complexity index is 812. The van der Waals surface area contributed by atoms with Gasteiger partial charge in [-0.25, -0.2) is 0 Å². The van der Waals surface area contributed by atoms with Gasteiger partial charge in [-0.1, -0.05) is 62.1 Å². The maximum atomic E-state index is 10.3. The van der Waals surface area contributed by atoms with Crippen LogP contribution in [0.3, 0.4) is 0 Å². The highest BCUT2D eigenvalue weighted by Gasteiger charge is 2.28. The van der Waals surface area contributed by atoms with Gasteiger partial charge in [0.2, 0.25) is 0 Å². The van der Waals surface area contributed by atoms with E-state index in [1.807, 2.05) is 6.07 Å². The quantitative estimate of drug-likeness (QED) is 0.431. The van der Waals surface area contributed by atoms with Crippen molar-refractivity contribution in [3.8, 4) is 5.75 Å². The molecule has 0 saturated heterocycles. The minimum Gasteiger partial charge on any atom is -0.494 e. The van der Waals surface area contributed by atoms with Gasteiger partial charge in [-0.15, -0.1) is 0 Å². The first-order valence-corrected chi connectivity index (χ1v) is 12.2. The van der Waals surface area contributed by atoms with Gasteiger partial charge in [0.05, 0.1) is 12.7 Å². The Kier molecular flexibility index (Phi) is 7.38. The summed E-state index contributed by atoms with van der Waals surface area (Å²) >= 11 is 6.54. The van der Waals surface area contributed by atoms with Gasteiger partial charge in [0.25, 0.3) is 0 Å². The molecule has 4 rings (SSSR count). The van der Waals surface area contributed by atoms with Crippen LogP contribution in [0, 0.1) is 11.8 Å². The lowest BCUT2D eigenvalue weighted by atomic mass is 9.75. The Hall–Kier alpha value is -1.51. The summed E-state index contributed by atoms with van der Waals surface area (Å²) in [7, 11) is 0. The number of hydrogen-bond acceptors (Lipinski definition) is 2. The van der Waals surface area contributed by atoms with Crippen LogP contribution in [-0.4, -0.2) is 17.8 Å². The van der Waals surface area contributed by atoms with Gasteiger partial charge in [-0.3, -0.25) is 0 Å². The third-order valence-electron chi connectivity index (χ3n) is 6.94. The van der Waals surface area contributed by atoms with E-state index < -0.39 is 0 Å². The first kappa shape index (κ1) is 21.7. The summed E-state index contributed by atoms with van der Waals surface area (Å²) in [5, 5.41) is 11.1. The van der Waals surface area contributed by atoms with Crippen LogP contribution in [0.15, 0.2) is 42.5 Å². The van der Waals surface area contributed by atoms with Crippen LogP contribution in [0.1, 0.15) is 80.9 Å². The van der Waals surface area contributed by atoms with Crippen molar-refractivity contribution in [1.82, 2.24) is 0 Å². The van der Waals surface area contributed by atoms with Gasteiger partial charge in [0.15, 0.2) is 0 Å². The second kappa shape index (κ2) is 10.2. The zero-order chi connectivity index (χ0) is 20.9. The van der Waals surface area contributed by atoms with Gasteiger partial charge < -0.3 is 9.84 Å². The lowest BCUT2D eigenvalue weighted by Crippen LogP contribution is -2.25. The fourth-order valence-electron chi connectivity index (χ4n) is 4.89. The predicted octanol–water partition coefficient (Wildman–Crippen LogP) is 7.15. The Balaban J connectivity index is 1.37. The van der Waals surface area contributed by atoms with Crippen molar-refractivity contribution in [2.45, 2.75) is 76.7 Å². The zero-order valence-corrected chi connectivity index (χ0v) is 18.9. The van der Waals surface area contributed by atoms with Crippen LogP contribution in [0.5, 0.6) is 5.75 Å². The molecule has 1 N–H and O–H groups in total. The van der Waals surface area contributed by atoms with Gasteiger partial charge in [0, 0.05) is 5.02 Å². The van der Waals surface area contributed by atoms with E-state index in [4.69, 9.17) is 16.3 Å². The summed E-state index contributed by atoms with van der Waals surface area (Å²) < 4.78 is 5.89. The van der Waals surface area contributed by atoms with Gasteiger partial charge in [0.1, 0.15) is 5.75 Å². The Morgan fingerprint density at radius 2 is 1.80 bits per heavy atom. The third kappa shape index (κ3) is 6.02. The van der Waals surface area contributed by atoms with E-state index in [1.165, 1.54) is 42.4 Å². The fourth-order valence-corrected chi connectivity index (χ4v) is 5.07. The van der Waals surface area contributed by atoms with E-state index in [0.717, 1.165) is 55.4 Å². The second-order valence-electron chi connectivity index (χ2n) is 9.44. The summed E-state index contributed by atoms with van der Waals surface area (Å²) in [5.74, 6) is 2.98. The van der Waals surface area contributed by atoms with Crippen molar-refractivity contribution >= 4 is 11.6 Å². The molecular weight excluding hydrogens is 392 g/mol. The van der Waals surface area contributed by atoms with Crippen molar-refractivity contribution in [3.05, 3.63) is 64.2 Å². The van der Waals surface area contributed by atoms with Gasteiger partial charge in [-0.05, 0) is 91.2 Å². The highest BCUT2D eigenvalue weighted by molar-refractivity contribution is 6.31. The molecule has 3 heteroatoms. The minimum absolute atomic E-state index is 0.176. The SMILES string of the molecule is CC[C@@H]1C[C@H](O)C[C@H](c2ccc(Cl)c(Cc3ccc(OCCCC4CC4)cc3)c2)C1. The van der Waals surface area contributed by atoms with Crippen molar-refractivity contribution in [1.29, 1.82) is 0 Å². The van der Waals surface area contributed by atoms with E-state index in [0.29, 0.717) is 11.8 Å². The topological polar surface area (TPSA) is 29.5 Å². The molecule has 0 aromatic heterocycles. The Morgan fingerprint density at radius 1 is 1.00 bits per heavy atom. The molecule has 2 fully saturated rings. The van der Waals surface area contributed by atoms with Crippen molar-refractivity contribution in [3.63, 3.8) is 0 Å². The maximum absolute atomic E-state index is 10.3. The smallest absolute Gasteiger partial charge is 0.119 e. The number of aliphatic hydroxyl groups is 1. The van der Waals surface area contributed by atoms with E-state index in [2.05, 4.69) is 43.3 Å². The van der Waals surface area contributed by atoms with Crippen LogP contribution < -0.4 is 4.74 Å². The van der Waals surface area contributed by atoms with Crippen LogP contribution in [0.25, 0.3) is 0 Å². The standard InChI is InChI=1S/C27H35ClO2/c1-2-19-14-23(18-25(29)16-19)22-9-12-27(28)24(17-22)15-21-7-10-26(11-8-21)30-13-3-4-20-5-6-20/h7-12,17,19-20,23,25,29H,2-6,13-16,18H2,1H3/t19-,23+,25-/m0/s1. The van der Waals surface area contributed by atoms with E-state index in [9.17, 15) is 5.11 Å². The molecule has 3 atom stereocenters. The predicted molar refractivity (Wildman–Crippen MR) is 125 cm³/mol. The van der Waals surface area contributed by atoms with Crippen molar-refractivity contribution in [2.75, 3.05) is 6.61 Å². The molecule has 0 spiro atoms. The molecule has 0 heterocycles. The molecule has 2 aromatic carbocycles.